The molecule has 1 aromatic rings. The lowest BCUT2D eigenvalue weighted by Gasteiger charge is -2.11. The van der Waals surface area contributed by atoms with E-state index in [2.05, 4.69) is 10.4 Å². The quantitative estimate of drug-likeness (QED) is 0.720. The van der Waals surface area contributed by atoms with E-state index in [-0.39, 0.29) is 0 Å². The van der Waals surface area contributed by atoms with Gasteiger partial charge in [-0.3, -0.25) is 9.48 Å². The van der Waals surface area contributed by atoms with E-state index in [0.717, 1.165) is 0 Å². The number of rotatable bonds is 3. The first-order valence-electron chi connectivity index (χ1n) is 4.59. The summed E-state index contributed by atoms with van der Waals surface area (Å²) in [4.78, 5) is 22.5. The molecule has 1 heterocycles. The average Bonchev–Trinajstić information content (AvgIpc) is 2.82. The summed E-state index contributed by atoms with van der Waals surface area (Å²) < 4.78 is 1.41. The van der Waals surface area contributed by atoms with Crippen LogP contribution in [0, 0.1) is 0 Å². The second-order valence-corrected chi connectivity index (χ2v) is 3.68. The number of nitrogens with zero attached hydrogens (tertiary/aromatic N) is 2. The van der Waals surface area contributed by atoms with Crippen LogP contribution in [0.25, 0.3) is 0 Å². The molecule has 1 saturated carbocycles. The molecule has 0 aromatic carbocycles. The molecule has 0 unspecified atom stereocenters. The van der Waals surface area contributed by atoms with Crippen LogP contribution in [-0.2, 0) is 11.8 Å². The first kappa shape index (κ1) is 9.70. The second kappa shape index (κ2) is 3.08. The maximum atomic E-state index is 11.7. The minimum atomic E-state index is -1.04. The summed E-state index contributed by atoms with van der Waals surface area (Å²) in [6.45, 7) is 0. The van der Waals surface area contributed by atoms with Gasteiger partial charge in [0.25, 0.3) is 5.91 Å². The van der Waals surface area contributed by atoms with Gasteiger partial charge in [-0.15, -0.1) is 0 Å². The molecule has 2 N–H and O–H groups in total. The van der Waals surface area contributed by atoms with Gasteiger partial charge >= 0.3 is 5.97 Å². The zero-order chi connectivity index (χ0) is 11.1. The molecule has 1 amide bonds. The SMILES string of the molecule is Cn1nccc1C(=O)NC1(C(=O)O)CC1. The molecule has 6 heteroatoms. The van der Waals surface area contributed by atoms with Crippen LogP contribution in [0.1, 0.15) is 23.3 Å². The highest BCUT2D eigenvalue weighted by molar-refractivity contribution is 5.97. The topological polar surface area (TPSA) is 84.2 Å². The highest BCUT2D eigenvalue weighted by Gasteiger charge is 2.51. The standard InChI is InChI=1S/C9H11N3O3/c1-12-6(2-5-10-12)7(13)11-9(3-4-9)8(14)15/h2,5H,3-4H2,1H3,(H,11,13)(H,14,15). The van der Waals surface area contributed by atoms with Crippen molar-refractivity contribution >= 4 is 11.9 Å². The van der Waals surface area contributed by atoms with E-state index in [1.54, 1.807) is 13.1 Å². The third kappa shape index (κ3) is 1.58. The van der Waals surface area contributed by atoms with E-state index >= 15 is 0 Å². The van der Waals surface area contributed by atoms with Crippen LogP contribution >= 0.6 is 0 Å². The van der Waals surface area contributed by atoms with Crippen molar-refractivity contribution in [1.29, 1.82) is 0 Å². The van der Waals surface area contributed by atoms with Crippen LogP contribution in [0.2, 0.25) is 0 Å². The summed E-state index contributed by atoms with van der Waals surface area (Å²) in [7, 11) is 1.63. The van der Waals surface area contributed by atoms with Crippen molar-refractivity contribution in [3.05, 3.63) is 18.0 Å². The Hall–Kier alpha value is -1.85. The Bertz CT molecular complexity index is 420. The lowest BCUT2D eigenvalue weighted by atomic mass is 10.2. The third-order valence-electron chi connectivity index (χ3n) is 2.57. The summed E-state index contributed by atoms with van der Waals surface area (Å²) in [5.74, 6) is -1.37. The fourth-order valence-electron chi connectivity index (χ4n) is 1.40. The molecule has 6 nitrogen and oxygen atoms in total. The number of aromatic nitrogens is 2. The average molecular weight is 209 g/mol. The van der Waals surface area contributed by atoms with Crippen molar-refractivity contribution in [3.8, 4) is 0 Å². The van der Waals surface area contributed by atoms with Gasteiger partial charge in [0.1, 0.15) is 11.2 Å². The molecule has 1 fully saturated rings. The molecule has 0 aliphatic heterocycles. The predicted molar refractivity (Wildman–Crippen MR) is 50.3 cm³/mol. The van der Waals surface area contributed by atoms with Gasteiger partial charge in [0.2, 0.25) is 0 Å². The molecule has 0 saturated heterocycles. The third-order valence-corrected chi connectivity index (χ3v) is 2.57. The fourth-order valence-corrected chi connectivity index (χ4v) is 1.40. The van der Waals surface area contributed by atoms with Crippen LogP contribution in [0.3, 0.4) is 0 Å². The maximum Gasteiger partial charge on any atom is 0.329 e. The Morgan fingerprint density at radius 1 is 1.60 bits per heavy atom. The van der Waals surface area contributed by atoms with Crippen molar-refractivity contribution < 1.29 is 14.7 Å². The molecule has 0 spiro atoms. The Kier molecular flexibility index (Phi) is 1.99. The fraction of sp³-hybridized carbons (Fsp3) is 0.444. The number of aryl methyl sites for hydroxylation is 1. The number of aliphatic carboxylic acids is 1. The van der Waals surface area contributed by atoms with E-state index in [9.17, 15) is 9.59 Å². The van der Waals surface area contributed by atoms with Crippen LogP contribution in [0.4, 0.5) is 0 Å². The monoisotopic (exact) mass is 209 g/mol. The first-order valence-corrected chi connectivity index (χ1v) is 4.59. The number of carbonyl (C=O) groups excluding carboxylic acids is 1. The number of hydrogen-bond donors (Lipinski definition) is 2. The summed E-state index contributed by atoms with van der Waals surface area (Å²) in [6.07, 6.45) is 2.48. The number of carboxylic acids is 1. The lowest BCUT2D eigenvalue weighted by molar-refractivity contribution is -0.140. The van der Waals surface area contributed by atoms with Crippen molar-refractivity contribution in [2.75, 3.05) is 0 Å². The highest BCUT2D eigenvalue weighted by atomic mass is 16.4. The largest absolute Gasteiger partial charge is 0.480 e. The predicted octanol–water partition coefficient (Wildman–Crippen LogP) is -0.233. The molecular formula is C9H11N3O3. The second-order valence-electron chi connectivity index (χ2n) is 3.68. The molecular weight excluding hydrogens is 198 g/mol. The van der Waals surface area contributed by atoms with Gasteiger partial charge in [-0.05, 0) is 18.9 Å². The van der Waals surface area contributed by atoms with E-state index in [0.29, 0.717) is 18.5 Å². The Labute approximate surface area is 85.9 Å². The van der Waals surface area contributed by atoms with Crippen molar-refractivity contribution in [2.45, 2.75) is 18.4 Å². The summed E-state index contributed by atoms with van der Waals surface area (Å²) in [5.41, 5.74) is -0.677. The molecule has 1 aliphatic rings. The van der Waals surface area contributed by atoms with E-state index in [1.807, 2.05) is 0 Å². The molecule has 0 atom stereocenters. The molecule has 15 heavy (non-hydrogen) atoms. The number of nitrogens with one attached hydrogen (secondary N) is 1. The van der Waals surface area contributed by atoms with Crippen LogP contribution in [-0.4, -0.2) is 32.3 Å². The van der Waals surface area contributed by atoms with E-state index < -0.39 is 17.4 Å². The Morgan fingerprint density at radius 3 is 2.67 bits per heavy atom. The number of amides is 1. The normalized spacial score (nSPS) is 17.1. The smallest absolute Gasteiger partial charge is 0.329 e. The zero-order valence-electron chi connectivity index (χ0n) is 8.23. The van der Waals surface area contributed by atoms with E-state index in [1.165, 1.54) is 10.9 Å². The first-order chi connectivity index (χ1) is 7.05. The van der Waals surface area contributed by atoms with Gasteiger partial charge in [-0.25, -0.2) is 4.79 Å². The maximum absolute atomic E-state index is 11.7. The van der Waals surface area contributed by atoms with Gasteiger partial charge in [-0.1, -0.05) is 0 Å². The zero-order valence-corrected chi connectivity index (χ0v) is 8.23. The summed E-state index contributed by atoms with van der Waals surface area (Å²) >= 11 is 0. The molecule has 0 bridgehead atoms. The van der Waals surface area contributed by atoms with Crippen molar-refractivity contribution in [3.63, 3.8) is 0 Å². The minimum absolute atomic E-state index is 0.363. The van der Waals surface area contributed by atoms with Gasteiger partial charge in [0.05, 0.1) is 0 Å². The number of carboxylic acid groups (broad SMARTS) is 1. The minimum Gasteiger partial charge on any atom is -0.480 e. The highest BCUT2D eigenvalue weighted by Crippen LogP contribution is 2.35. The van der Waals surface area contributed by atoms with Gasteiger partial charge in [0.15, 0.2) is 0 Å². The van der Waals surface area contributed by atoms with Crippen molar-refractivity contribution in [2.24, 2.45) is 7.05 Å². The lowest BCUT2D eigenvalue weighted by Crippen LogP contribution is -2.43. The van der Waals surface area contributed by atoms with Crippen LogP contribution in [0.5, 0.6) is 0 Å². The van der Waals surface area contributed by atoms with Gasteiger partial charge in [-0.2, -0.15) is 5.10 Å². The van der Waals surface area contributed by atoms with Gasteiger partial charge < -0.3 is 10.4 Å². The Morgan fingerprint density at radius 2 is 2.27 bits per heavy atom. The van der Waals surface area contributed by atoms with Crippen molar-refractivity contribution in [1.82, 2.24) is 15.1 Å². The molecule has 0 radical (unpaired) electrons. The number of hydrogen-bond acceptors (Lipinski definition) is 3. The van der Waals surface area contributed by atoms with E-state index in [4.69, 9.17) is 5.11 Å². The van der Waals surface area contributed by atoms with Crippen LogP contribution < -0.4 is 5.32 Å². The summed E-state index contributed by atoms with van der Waals surface area (Å²) in [6, 6.07) is 1.55. The van der Waals surface area contributed by atoms with Gasteiger partial charge in [0, 0.05) is 13.2 Å². The summed E-state index contributed by atoms with van der Waals surface area (Å²) in [5, 5.41) is 15.2. The molecule has 1 aromatic heterocycles. The number of carbonyl (C=O) groups is 2. The molecule has 2 rings (SSSR count). The molecule has 1 aliphatic carbocycles. The Balaban J connectivity index is 2.11. The molecule has 80 valence electrons. The van der Waals surface area contributed by atoms with Crippen LogP contribution in [0.15, 0.2) is 12.3 Å².